The molecule has 0 saturated carbocycles. The number of rotatable bonds is 7. The number of nitrogens with one attached hydrogen (secondary N) is 1. The first-order valence-corrected chi connectivity index (χ1v) is 11.8. The second-order valence-electron chi connectivity index (χ2n) is 7.67. The molecule has 1 aromatic carbocycles. The Labute approximate surface area is 162 Å². The van der Waals surface area contributed by atoms with Gasteiger partial charge in [0.05, 0.1) is 12.8 Å². The lowest BCUT2D eigenvalue weighted by atomic mass is 10.2. The quantitative estimate of drug-likeness (QED) is 0.528. The van der Waals surface area contributed by atoms with Gasteiger partial charge in [-0.1, -0.05) is 39.0 Å². The minimum Gasteiger partial charge on any atom is -0.475 e. The second kappa shape index (κ2) is 9.01. The smallest absolute Gasteiger partial charge is 0.417 e. The third-order valence-electron chi connectivity index (χ3n) is 4.54. The van der Waals surface area contributed by atoms with Crippen LogP contribution in [0.2, 0.25) is 18.1 Å². The van der Waals surface area contributed by atoms with Crippen molar-refractivity contribution in [2.75, 3.05) is 18.5 Å². The highest BCUT2D eigenvalue weighted by atomic mass is 28.4. The van der Waals surface area contributed by atoms with Gasteiger partial charge in [-0.3, -0.25) is 5.32 Å². The first kappa shape index (κ1) is 20.9. The van der Waals surface area contributed by atoms with E-state index in [0.29, 0.717) is 30.5 Å². The summed E-state index contributed by atoms with van der Waals surface area (Å²) < 4.78 is 16.9. The number of benzene rings is 1. The summed E-state index contributed by atoms with van der Waals surface area (Å²) in [6.45, 7) is 12.0. The average Bonchev–Trinajstić information content (AvgIpc) is 2.60. The highest BCUT2D eigenvalue weighted by molar-refractivity contribution is 6.74. The summed E-state index contributed by atoms with van der Waals surface area (Å²) in [6, 6.07) is 12.4. The number of ether oxygens (including phenoxy) is 2. The lowest BCUT2D eigenvalue weighted by Crippen LogP contribution is -2.41. The van der Waals surface area contributed by atoms with Crippen LogP contribution in [0.3, 0.4) is 0 Å². The van der Waals surface area contributed by atoms with Crippen molar-refractivity contribution in [3.05, 3.63) is 48.7 Å². The van der Waals surface area contributed by atoms with E-state index >= 15 is 0 Å². The maximum absolute atomic E-state index is 11.8. The number of amides is 1. The third-order valence-corrected chi connectivity index (χ3v) is 9.08. The number of carbonyl (C=O) groups is 1. The molecule has 27 heavy (non-hydrogen) atoms. The number of para-hydroxylation sites is 1. The molecule has 0 aliphatic rings. The monoisotopic (exact) mass is 388 g/mol. The lowest BCUT2D eigenvalue weighted by molar-refractivity contribution is 0.198. The molecule has 0 aliphatic heterocycles. The zero-order chi connectivity index (χ0) is 19.9. The van der Waals surface area contributed by atoms with E-state index in [0.717, 1.165) is 0 Å². The fourth-order valence-corrected chi connectivity index (χ4v) is 2.97. The fourth-order valence-electron chi connectivity index (χ4n) is 1.94. The molecule has 0 atom stereocenters. The van der Waals surface area contributed by atoms with E-state index in [2.05, 4.69) is 44.2 Å². The largest absolute Gasteiger partial charge is 0.475 e. The second-order valence-corrected chi connectivity index (χ2v) is 12.5. The number of nitrogens with zero attached hydrogens (tertiary/aromatic N) is 1. The molecule has 7 heteroatoms. The maximum Gasteiger partial charge on any atom is 0.417 e. The minimum absolute atomic E-state index is 0.171. The summed E-state index contributed by atoms with van der Waals surface area (Å²) in [5.74, 6) is 0.804. The van der Waals surface area contributed by atoms with Crippen LogP contribution in [-0.2, 0) is 4.43 Å². The van der Waals surface area contributed by atoms with Crippen molar-refractivity contribution in [3.63, 3.8) is 0 Å². The van der Waals surface area contributed by atoms with E-state index in [4.69, 9.17) is 13.9 Å². The van der Waals surface area contributed by atoms with Crippen LogP contribution in [0.1, 0.15) is 20.8 Å². The van der Waals surface area contributed by atoms with E-state index in [9.17, 15) is 4.79 Å². The SMILES string of the molecule is CC(C)(C)[Si](C)(C)OCCOc1ccc(OC(=O)Nc2ccccc2)cn1. The van der Waals surface area contributed by atoms with Crippen LogP contribution in [0.4, 0.5) is 10.5 Å². The van der Waals surface area contributed by atoms with E-state index in [1.165, 1.54) is 6.20 Å². The summed E-state index contributed by atoms with van der Waals surface area (Å²) in [4.78, 5) is 16.0. The van der Waals surface area contributed by atoms with Gasteiger partial charge in [0.25, 0.3) is 0 Å². The van der Waals surface area contributed by atoms with Crippen LogP contribution >= 0.6 is 0 Å². The number of aromatic nitrogens is 1. The number of hydrogen-bond donors (Lipinski definition) is 1. The van der Waals surface area contributed by atoms with Crippen LogP contribution in [0.15, 0.2) is 48.7 Å². The maximum atomic E-state index is 11.8. The van der Waals surface area contributed by atoms with Crippen molar-refractivity contribution in [3.8, 4) is 11.6 Å². The van der Waals surface area contributed by atoms with Crippen LogP contribution in [0.25, 0.3) is 0 Å². The normalized spacial score (nSPS) is 11.7. The molecule has 0 spiro atoms. The van der Waals surface area contributed by atoms with Crippen LogP contribution in [-0.4, -0.2) is 32.6 Å². The number of hydrogen-bond acceptors (Lipinski definition) is 5. The predicted molar refractivity (Wildman–Crippen MR) is 109 cm³/mol. The Balaban J connectivity index is 1.76. The first-order valence-electron chi connectivity index (χ1n) is 8.94. The standard InChI is InChI=1S/C20H28N2O4Si/c1-20(2,3)27(4,5)25-14-13-24-18-12-11-17(15-21-18)26-19(23)22-16-9-7-6-8-10-16/h6-12,15H,13-14H2,1-5H3,(H,22,23). The minimum atomic E-state index is -1.77. The Bertz CT molecular complexity index is 728. The number of anilines is 1. The van der Waals surface area contributed by atoms with Crippen LogP contribution < -0.4 is 14.8 Å². The molecule has 1 heterocycles. The van der Waals surface area contributed by atoms with E-state index < -0.39 is 14.4 Å². The Morgan fingerprint density at radius 2 is 1.78 bits per heavy atom. The summed E-state index contributed by atoms with van der Waals surface area (Å²) in [5, 5.41) is 2.81. The first-order chi connectivity index (χ1) is 12.7. The van der Waals surface area contributed by atoms with Gasteiger partial charge in [-0.15, -0.1) is 0 Å². The van der Waals surface area contributed by atoms with Crippen molar-refractivity contribution in [1.82, 2.24) is 4.98 Å². The van der Waals surface area contributed by atoms with Gasteiger partial charge in [-0.25, -0.2) is 9.78 Å². The Morgan fingerprint density at radius 1 is 1.07 bits per heavy atom. The highest BCUT2D eigenvalue weighted by Crippen LogP contribution is 2.36. The molecular formula is C20H28N2O4Si. The molecule has 1 aromatic heterocycles. The van der Waals surface area contributed by atoms with Crippen molar-refractivity contribution >= 4 is 20.1 Å². The van der Waals surface area contributed by atoms with Gasteiger partial charge in [0.15, 0.2) is 14.1 Å². The van der Waals surface area contributed by atoms with Gasteiger partial charge < -0.3 is 13.9 Å². The molecule has 0 aliphatic carbocycles. The fraction of sp³-hybridized carbons (Fsp3) is 0.400. The summed E-state index contributed by atoms with van der Waals surface area (Å²) >= 11 is 0. The van der Waals surface area contributed by atoms with E-state index in [1.807, 2.05) is 18.2 Å². The molecule has 0 fully saturated rings. The molecule has 0 radical (unpaired) electrons. The number of pyridine rings is 1. The van der Waals surface area contributed by atoms with E-state index in [1.54, 1.807) is 24.3 Å². The molecule has 0 saturated heterocycles. The molecule has 2 aromatic rings. The average molecular weight is 389 g/mol. The van der Waals surface area contributed by atoms with Crippen LogP contribution in [0.5, 0.6) is 11.6 Å². The van der Waals surface area contributed by atoms with Crippen LogP contribution in [0, 0.1) is 0 Å². The summed E-state index contributed by atoms with van der Waals surface area (Å²) in [7, 11) is -1.77. The van der Waals surface area contributed by atoms with Gasteiger partial charge in [0, 0.05) is 11.8 Å². The van der Waals surface area contributed by atoms with Gasteiger partial charge in [-0.2, -0.15) is 0 Å². The van der Waals surface area contributed by atoms with Gasteiger partial charge in [-0.05, 0) is 36.3 Å². The van der Waals surface area contributed by atoms with E-state index in [-0.39, 0.29) is 5.04 Å². The highest BCUT2D eigenvalue weighted by Gasteiger charge is 2.36. The van der Waals surface area contributed by atoms with Gasteiger partial charge in [0.2, 0.25) is 5.88 Å². The molecule has 146 valence electrons. The summed E-state index contributed by atoms with van der Waals surface area (Å²) in [5.41, 5.74) is 0.664. The molecule has 2 rings (SSSR count). The zero-order valence-electron chi connectivity index (χ0n) is 16.6. The molecule has 1 amide bonds. The van der Waals surface area contributed by atoms with Gasteiger partial charge >= 0.3 is 6.09 Å². The Morgan fingerprint density at radius 3 is 2.37 bits per heavy atom. The molecule has 1 N–H and O–H groups in total. The molecule has 6 nitrogen and oxygen atoms in total. The Kier molecular flexibility index (Phi) is 6.98. The zero-order valence-corrected chi connectivity index (χ0v) is 17.6. The lowest BCUT2D eigenvalue weighted by Gasteiger charge is -2.36. The number of carbonyl (C=O) groups excluding carboxylic acids is 1. The molecule has 0 unspecified atom stereocenters. The van der Waals surface area contributed by atoms with Crippen molar-refractivity contribution in [2.24, 2.45) is 0 Å². The molecular weight excluding hydrogens is 360 g/mol. The summed E-state index contributed by atoms with van der Waals surface area (Å²) in [6.07, 6.45) is 0.883. The third kappa shape index (κ3) is 6.69. The van der Waals surface area contributed by atoms with Gasteiger partial charge in [0.1, 0.15) is 6.61 Å². The Hall–Kier alpha value is -2.38. The predicted octanol–water partition coefficient (Wildman–Crippen LogP) is 5.09. The van der Waals surface area contributed by atoms with Crippen molar-refractivity contribution < 1.29 is 18.7 Å². The topological polar surface area (TPSA) is 69.7 Å². The van der Waals surface area contributed by atoms with Crippen molar-refractivity contribution in [1.29, 1.82) is 0 Å². The molecule has 0 bridgehead atoms. The van der Waals surface area contributed by atoms with Crippen molar-refractivity contribution in [2.45, 2.75) is 38.9 Å².